The number of aliphatic hydroxyl groups excluding tert-OH is 1. The van der Waals surface area contributed by atoms with Crippen LogP contribution in [0.3, 0.4) is 0 Å². The zero-order valence-corrected chi connectivity index (χ0v) is 14.7. The Hall–Kier alpha value is -2.82. The Balaban J connectivity index is 2.04. The van der Waals surface area contributed by atoms with E-state index >= 15 is 0 Å². The Kier molecular flexibility index (Phi) is 4.03. The predicted octanol–water partition coefficient (Wildman–Crippen LogP) is 3.79. The molecule has 1 amide bonds. The molecule has 2 heterocycles. The summed E-state index contributed by atoms with van der Waals surface area (Å²) < 4.78 is 5.15. The second kappa shape index (κ2) is 5.92. The van der Waals surface area contributed by atoms with E-state index in [1.807, 2.05) is 24.3 Å². The van der Waals surface area contributed by atoms with Gasteiger partial charge in [0.1, 0.15) is 0 Å². The van der Waals surface area contributed by atoms with Crippen LogP contribution in [0.5, 0.6) is 0 Å². The molecular weight excluding hydrogens is 318 g/mol. The number of carbonyl (C=O) groups is 2. The van der Waals surface area contributed by atoms with E-state index in [1.54, 1.807) is 13.1 Å². The minimum atomic E-state index is -0.640. The molecule has 5 nitrogen and oxygen atoms in total. The summed E-state index contributed by atoms with van der Waals surface area (Å²) in [5.41, 5.74) is 1.96. The number of hydrogen-bond acceptors (Lipinski definition) is 4. The van der Waals surface area contributed by atoms with Gasteiger partial charge in [-0.05, 0) is 28.7 Å². The van der Waals surface area contributed by atoms with E-state index in [-0.39, 0.29) is 16.7 Å². The van der Waals surface area contributed by atoms with Crippen LogP contribution in [0.1, 0.15) is 48.5 Å². The molecule has 0 saturated carbocycles. The van der Waals surface area contributed by atoms with Crippen molar-refractivity contribution in [2.45, 2.75) is 32.2 Å². The lowest BCUT2D eigenvalue weighted by molar-refractivity contribution is -0.128. The van der Waals surface area contributed by atoms with Crippen LogP contribution in [0.4, 0.5) is 0 Å². The molecule has 1 aliphatic heterocycles. The van der Waals surface area contributed by atoms with Crippen molar-refractivity contribution in [3.8, 4) is 0 Å². The maximum Gasteiger partial charge on any atom is 0.289 e. The number of rotatable bonds is 3. The van der Waals surface area contributed by atoms with Crippen molar-refractivity contribution >= 4 is 11.7 Å². The van der Waals surface area contributed by atoms with Crippen LogP contribution >= 0.6 is 0 Å². The molecule has 130 valence electrons. The quantitative estimate of drug-likeness (QED) is 0.864. The smallest absolute Gasteiger partial charge is 0.289 e. The standard InChI is InChI=1S/C20H21NO4/c1-20(2,3)13-9-7-12(8-10-13)16-15(18(23)19(24)21(16)4)17(22)14-6-5-11-25-14/h5-11,16,23H,1-4H3. The van der Waals surface area contributed by atoms with Gasteiger partial charge in [-0.25, -0.2) is 0 Å². The van der Waals surface area contributed by atoms with Gasteiger partial charge in [0, 0.05) is 7.05 Å². The number of hydrogen-bond donors (Lipinski definition) is 1. The highest BCUT2D eigenvalue weighted by atomic mass is 16.3. The number of furan rings is 1. The first-order valence-electron chi connectivity index (χ1n) is 8.10. The molecule has 0 radical (unpaired) electrons. The van der Waals surface area contributed by atoms with Crippen molar-refractivity contribution in [1.82, 2.24) is 4.90 Å². The van der Waals surface area contributed by atoms with Crippen LogP contribution in [0.2, 0.25) is 0 Å². The first-order valence-corrected chi connectivity index (χ1v) is 8.10. The van der Waals surface area contributed by atoms with Gasteiger partial charge < -0.3 is 14.4 Å². The Morgan fingerprint density at radius 2 is 1.80 bits per heavy atom. The van der Waals surface area contributed by atoms with E-state index in [9.17, 15) is 14.7 Å². The highest BCUT2D eigenvalue weighted by Crippen LogP contribution is 2.38. The molecule has 3 rings (SSSR count). The molecule has 1 aromatic carbocycles. The van der Waals surface area contributed by atoms with E-state index in [2.05, 4.69) is 20.8 Å². The number of carbonyl (C=O) groups excluding carboxylic acids is 2. The predicted molar refractivity (Wildman–Crippen MR) is 93.3 cm³/mol. The summed E-state index contributed by atoms with van der Waals surface area (Å²) >= 11 is 0. The molecule has 1 atom stereocenters. The Morgan fingerprint density at radius 3 is 2.32 bits per heavy atom. The maximum atomic E-state index is 12.7. The maximum absolute atomic E-state index is 12.7. The molecule has 1 aromatic heterocycles. The molecule has 0 saturated heterocycles. The molecule has 0 fully saturated rings. The van der Waals surface area contributed by atoms with Crippen LogP contribution in [0.15, 0.2) is 58.4 Å². The molecule has 2 aromatic rings. The summed E-state index contributed by atoms with van der Waals surface area (Å²) in [6.45, 7) is 6.35. The normalized spacial score (nSPS) is 18.2. The molecule has 1 N–H and O–H groups in total. The van der Waals surface area contributed by atoms with Gasteiger partial charge in [0.2, 0.25) is 5.78 Å². The fourth-order valence-corrected chi connectivity index (χ4v) is 3.05. The number of benzene rings is 1. The summed E-state index contributed by atoms with van der Waals surface area (Å²) in [4.78, 5) is 26.3. The number of likely N-dealkylation sites (N-methyl/N-ethyl adjacent to an activating group) is 1. The number of amides is 1. The topological polar surface area (TPSA) is 70.8 Å². The minimum absolute atomic E-state index is 0.000718. The fraction of sp³-hybridized carbons (Fsp3) is 0.300. The Labute approximate surface area is 146 Å². The lowest BCUT2D eigenvalue weighted by Gasteiger charge is -2.24. The van der Waals surface area contributed by atoms with Crippen molar-refractivity contribution in [2.24, 2.45) is 0 Å². The fourth-order valence-electron chi connectivity index (χ4n) is 3.05. The van der Waals surface area contributed by atoms with E-state index in [0.717, 1.165) is 11.1 Å². The zero-order valence-electron chi connectivity index (χ0n) is 14.7. The van der Waals surface area contributed by atoms with Crippen molar-refractivity contribution in [1.29, 1.82) is 0 Å². The Morgan fingerprint density at radius 1 is 1.16 bits per heavy atom. The first-order chi connectivity index (χ1) is 11.7. The molecule has 1 unspecified atom stereocenters. The second-order valence-electron chi connectivity index (χ2n) is 7.26. The van der Waals surface area contributed by atoms with Gasteiger partial charge in [-0.2, -0.15) is 0 Å². The molecular formula is C20H21NO4. The van der Waals surface area contributed by atoms with Crippen molar-refractivity contribution in [3.05, 3.63) is 70.9 Å². The van der Waals surface area contributed by atoms with Crippen molar-refractivity contribution in [2.75, 3.05) is 7.05 Å². The van der Waals surface area contributed by atoms with Crippen LogP contribution in [0.25, 0.3) is 0 Å². The lowest BCUT2D eigenvalue weighted by atomic mass is 9.85. The summed E-state index contributed by atoms with van der Waals surface area (Å²) in [7, 11) is 1.57. The van der Waals surface area contributed by atoms with Crippen molar-refractivity contribution < 1.29 is 19.1 Å². The van der Waals surface area contributed by atoms with E-state index in [0.29, 0.717) is 0 Å². The van der Waals surface area contributed by atoms with Crippen LogP contribution < -0.4 is 0 Å². The summed E-state index contributed by atoms with van der Waals surface area (Å²) in [6, 6.07) is 10.2. The van der Waals surface area contributed by atoms with Gasteiger partial charge in [-0.1, -0.05) is 45.0 Å². The van der Waals surface area contributed by atoms with Crippen molar-refractivity contribution in [3.63, 3.8) is 0 Å². The van der Waals surface area contributed by atoms with Gasteiger partial charge in [-0.3, -0.25) is 9.59 Å². The third-order valence-electron chi connectivity index (χ3n) is 4.52. The van der Waals surface area contributed by atoms with Gasteiger partial charge in [0.15, 0.2) is 11.5 Å². The van der Waals surface area contributed by atoms with Gasteiger partial charge in [0.25, 0.3) is 5.91 Å². The number of aliphatic hydroxyl groups is 1. The molecule has 25 heavy (non-hydrogen) atoms. The SMILES string of the molecule is CN1C(=O)C(O)=C(C(=O)c2ccco2)C1c1ccc(C(C)(C)C)cc1. The summed E-state index contributed by atoms with van der Waals surface area (Å²) in [5.74, 6) is -1.47. The number of ketones is 1. The van der Waals surface area contributed by atoms with Crippen LogP contribution in [-0.2, 0) is 10.2 Å². The highest BCUT2D eigenvalue weighted by molar-refractivity contribution is 6.14. The van der Waals surface area contributed by atoms with Gasteiger partial charge in [0.05, 0.1) is 17.9 Å². The lowest BCUT2D eigenvalue weighted by Crippen LogP contribution is -2.27. The second-order valence-corrected chi connectivity index (χ2v) is 7.26. The zero-order chi connectivity index (χ0) is 18.4. The average molecular weight is 339 g/mol. The third-order valence-corrected chi connectivity index (χ3v) is 4.52. The van der Waals surface area contributed by atoms with E-state index < -0.39 is 23.5 Å². The number of Topliss-reactive ketones (excluding diaryl/α,β-unsaturated/α-hetero) is 1. The first kappa shape index (κ1) is 17.0. The molecule has 0 bridgehead atoms. The van der Waals surface area contributed by atoms with Crippen LogP contribution in [0, 0.1) is 0 Å². The average Bonchev–Trinajstić information content (AvgIpc) is 3.17. The monoisotopic (exact) mass is 339 g/mol. The van der Waals surface area contributed by atoms with Gasteiger partial charge in [-0.15, -0.1) is 0 Å². The Bertz CT molecular complexity index is 839. The largest absolute Gasteiger partial charge is 0.503 e. The highest BCUT2D eigenvalue weighted by Gasteiger charge is 2.42. The molecule has 1 aliphatic rings. The molecule has 0 aliphatic carbocycles. The molecule has 5 heteroatoms. The summed E-state index contributed by atoms with van der Waals surface area (Å²) in [5, 5.41) is 10.2. The minimum Gasteiger partial charge on any atom is -0.503 e. The molecule has 0 spiro atoms. The summed E-state index contributed by atoms with van der Waals surface area (Å²) in [6.07, 6.45) is 1.39. The third kappa shape index (κ3) is 2.86. The van der Waals surface area contributed by atoms with Crippen LogP contribution in [-0.4, -0.2) is 28.7 Å². The van der Waals surface area contributed by atoms with Gasteiger partial charge >= 0.3 is 0 Å². The van der Waals surface area contributed by atoms with E-state index in [4.69, 9.17) is 4.42 Å². The number of nitrogens with zero attached hydrogens (tertiary/aromatic N) is 1. The van der Waals surface area contributed by atoms with E-state index in [1.165, 1.54) is 17.2 Å².